The quantitative estimate of drug-likeness (QED) is 0.430. The van der Waals surface area contributed by atoms with E-state index in [1.165, 1.54) is 34.2 Å². The second-order valence-electron chi connectivity index (χ2n) is 6.54. The maximum atomic E-state index is 12.7. The smallest absolute Gasteiger partial charge is 0.353 e. The molecule has 0 aliphatic carbocycles. The van der Waals surface area contributed by atoms with E-state index in [-0.39, 0.29) is 23.3 Å². The Bertz CT molecular complexity index is 1100. The highest BCUT2D eigenvalue weighted by atomic mass is 32.2. The van der Waals surface area contributed by atoms with E-state index in [9.17, 15) is 24.3 Å². The van der Waals surface area contributed by atoms with Crippen LogP contribution in [-0.4, -0.2) is 54.4 Å². The van der Waals surface area contributed by atoms with Gasteiger partial charge in [-0.1, -0.05) is 17.8 Å². The monoisotopic (exact) mass is 464 g/mol. The summed E-state index contributed by atoms with van der Waals surface area (Å²) in [5.74, 6) is -1.97. The van der Waals surface area contributed by atoms with Crippen LogP contribution in [-0.2, 0) is 20.8 Å². The molecule has 4 rings (SSSR count). The summed E-state index contributed by atoms with van der Waals surface area (Å²) in [6, 6.07) is 4.48. The lowest BCUT2D eigenvalue weighted by Crippen LogP contribution is -2.71. The molecular formula is C18H16N4O5S3. The van der Waals surface area contributed by atoms with Gasteiger partial charge < -0.3 is 15.4 Å². The first-order chi connectivity index (χ1) is 14.3. The molecule has 12 heteroatoms. The number of nitrogens with zero attached hydrogens (tertiary/aromatic N) is 2. The van der Waals surface area contributed by atoms with Gasteiger partial charge in [0, 0.05) is 21.2 Å². The van der Waals surface area contributed by atoms with Gasteiger partial charge in [-0.2, -0.15) is 0 Å². The lowest BCUT2D eigenvalue weighted by molar-refractivity contribution is -0.150. The average molecular weight is 465 g/mol. The molecule has 2 amide bonds. The van der Waals surface area contributed by atoms with E-state index in [0.29, 0.717) is 9.93 Å². The number of aromatic amines is 1. The fourth-order valence-corrected chi connectivity index (χ4v) is 6.51. The van der Waals surface area contributed by atoms with Gasteiger partial charge in [0.25, 0.3) is 5.91 Å². The molecular weight excluding hydrogens is 448 g/mol. The number of carbonyl (C=O) groups excluding carboxylic acids is 2. The van der Waals surface area contributed by atoms with Gasteiger partial charge in [-0.3, -0.25) is 14.5 Å². The number of amides is 2. The SMILES string of the molecule is CC1S[C@@H]2C(NC(=O)Cc3cccs3)C(=O)N2C(C(=O)O)=C1Sc1ccnc(=O)[nH]1. The Morgan fingerprint density at radius 2 is 2.17 bits per heavy atom. The molecule has 30 heavy (non-hydrogen) atoms. The Labute approximate surface area is 183 Å². The van der Waals surface area contributed by atoms with Crippen molar-refractivity contribution in [2.24, 2.45) is 0 Å². The molecule has 3 atom stereocenters. The minimum absolute atomic E-state index is 0.123. The molecule has 0 aromatic carbocycles. The van der Waals surface area contributed by atoms with E-state index in [2.05, 4.69) is 15.3 Å². The van der Waals surface area contributed by atoms with E-state index in [1.807, 2.05) is 24.4 Å². The van der Waals surface area contributed by atoms with Crippen LogP contribution in [0.1, 0.15) is 11.8 Å². The average Bonchev–Trinajstić information content (AvgIpc) is 3.20. The third kappa shape index (κ3) is 3.89. The predicted molar refractivity (Wildman–Crippen MR) is 113 cm³/mol. The van der Waals surface area contributed by atoms with Gasteiger partial charge in [0.15, 0.2) is 0 Å². The summed E-state index contributed by atoms with van der Waals surface area (Å²) in [5.41, 5.74) is -0.664. The minimum atomic E-state index is -1.23. The molecule has 2 aromatic heterocycles. The first-order valence-electron chi connectivity index (χ1n) is 8.86. The van der Waals surface area contributed by atoms with E-state index in [1.54, 1.807) is 6.07 Å². The topological polar surface area (TPSA) is 132 Å². The molecule has 1 saturated heterocycles. The van der Waals surface area contributed by atoms with Gasteiger partial charge in [-0.25, -0.2) is 14.6 Å². The van der Waals surface area contributed by atoms with E-state index >= 15 is 0 Å². The number of hydrogen-bond acceptors (Lipinski definition) is 8. The molecule has 9 nitrogen and oxygen atoms in total. The number of β-lactam (4-membered cyclic amide) rings is 1. The van der Waals surface area contributed by atoms with Gasteiger partial charge in [-0.05, 0) is 24.4 Å². The lowest BCUT2D eigenvalue weighted by Gasteiger charge is -2.50. The fourth-order valence-electron chi connectivity index (χ4n) is 3.22. The number of carbonyl (C=O) groups is 3. The summed E-state index contributed by atoms with van der Waals surface area (Å²) < 4.78 is 0. The Kier molecular flexibility index (Phi) is 5.71. The normalized spacial score (nSPS) is 23.0. The van der Waals surface area contributed by atoms with E-state index in [0.717, 1.165) is 16.6 Å². The number of fused-ring (bicyclic) bond motifs is 1. The number of nitrogens with one attached hydrogen (secondary N) is 2. The van der Waals surface area contributed by atoms with Crippen molar-refractivity contribution < 1.29 is 19.5 Å². The molecule has 4 heterocycles. The van der Waals surface area contributed by atoms with Crippen molar-refractivity contribution in [2.45, 2.75) is 35.0 Å². The number of carboxylic acid groups (broad SMARTS) is 1. The Hall–Kier alpha value is -2.57. The lowest BCUT2D eigenvalue weighted by atomic mass is 10.0. The molecule has 1 fully saturated rings. The van der Waals surface area contributed by atoms with Crippen LogP contribution in [0.2, 0.25) is 0 Å². The van der Waals surface area contributed by atoms with Gasteiger partial charge in [0.1, 0.15) is 17.1 Å². The molecule has 2 aliphatic heterocycles. The van der Waals surface area contributed by atoms with Crippen molar-refractivity contribution in [1.82, 2.24) is 20.2 Å². The molecule has 2 aliphatic rings. The zero-order chi connectivity index (χ0) is 21.4. The second kappa shape index (κ2) is 8.28. The molecule has 0 saturated carbocycles. The molecule has 0 radical (unpaired) electrons. The van der Waals surface area contributed by atoms with E-state index in [4.69, 9.17) is 0 Å². The Morgan fingerprint density at radius 1 is 1.37 bits per heavy atom. The number of hydrogen-bond donors (Lipinski definition) is 3. The summed E-state index contributed by atoms with van der Waals surface area (Å²) in [4.78, 5) is 57.1. The molecule has 156 valence electrons. The highest BCUT2D eigenvalue weighted by Crippen LogP contribution is 2.48. The number of H-pyrrole nitrogens is 1. The van der Waals surface area contributed by atoms with Crippen LogP contribution < -0.4 is 11.0 Å². The van der Waals surface area contributed by atoms with Crippen molar-refractivity contribution in [1.29, 1.82) is 0 Å². The number of aliphatic carboxylic acids is 1. The predicted octanol–water partition coefficient (Wildman–Crippen LogP) is 1.25. The number of thioether (sulfide) groups is 2. The second-order valence-corrected chi connectivity index (χ2v) is 10.1. The van der Waals surface area contributed by atoms with Crippen LogP contribution >= 0.6 is 34.9 Å². The molecule has 0 spiro atoms. The standard InChI is InChI=1S/C18H16N4O5S3/c1-8-14(30-11-4-5-19-18(27)21-11)13(17(25)26)22-15(24)12(16(22)29-8)20-10(23)7-9-3-2-6-28-9/h2-6,8,12,16H,7H2,1H3,(H,20,23)(H,25,26)(H,19,21,27)/t8?,12?,16-/m1/s1. The number of aromatic nitrogens is 2. The van der Waals surface area contributed by atoms with Crippen molar-refractivity contribution in [3.63, 3.8) is 0 Å². The first kappa shape index (κ1) is 20.7. The van der Waals surface area contributed by atoms with Crippen LogP contribution in [0.5, 0.6) is 0 Å². The minimum Gasteiger partial charge on any atom is -0.477 e. The largest absolute Gasteiger partial charge is 0.477 e. The van der Waals surface area contributed by atoms with Crippen molar-refractivity contribution in [3.05, 3.63) is 55.7 Å². The zero-order valence-corrected chi connectivity index (χ0v) is 18.0. The van der Waals surface area contributed by atoms with Crippen molar-refractivity contribution in [2.75, 3.05) is 0 Å². The summed E-state index contributed by atoms with van der Waals surface area (Å²) in [7, 11) is 0. The highest BCUT2D eigenvalue weighted by molar-refractivity contribution is 8.06. The summed E-state index contributed by atoms with van der Waals surface area (Å²) >= 11 is 3.93. The number of carboxylic acids is 1. The maximum Gasteiger partial charge on any atom is 0.353 e. The van der Waals surface area contributed by atoms with Crippen molar-refractivity contribution in [3.8, 4) is 0 Å². The zero-order valence-electron chi connectivity index (χ0n) is 15.5. The van der Waals surface area contributed by atoms with Gasteiger partial charge in [0.05, 0.1) is 11.4 Å². The Balaban J connectivity index is 1.55. The fraction of sp³-hybridized carbons (Fsp3) is 0.278. The molecule has 0 bridgehead atoms. The summed E-state index contributed by atoms with van der Waals surface area (Å²) in [6.07, 6.45) is 1.51. The number of thiophene rings is 1. The maximum absolute atomic E-state index is 12.7. The van der Waals surface area contributed by atoms with Crippen molar-refractivity contribution >= 4 is 52.6 Å². The Morgan fingerprint density at radius 3 is 2.83 bits per heavy atom. The van der Waals surface area contributed by atoms with Gasteiger partial charge in [-0.15, -0.1) is 23.1 Å². The van der Waals surface area contributed by atoms with Crippen LogP contribution in [0.25, 0.3) is 0 Å². The van der Waals surface area contributed by atoms with Gasteiger partial charge >= 0.3 is 11.7 Å². The van der Waals surface area contributed by atoms with Gasteiger partial charge in [0.2, 0.25) is 5.91 Å². The highest BCUT2D eigenvalue weighted by Gasteiger charge is 2.55. The van der Waals surface area contributed by atoms with Crippen LogP contribution in [0.15, 0.2) is 50.2 Å². The number of rotatable bonds is 6. The van der Waals surface area contributed by atoms with E-state index < -0.39 is 29.0 Å². The molecule has 2 unspecified atom stereocenters. The van der Waals surface area contributed by atoms with Crippen LogP contribution in [0.4, 0.5) is 0 Å². The molecule has 3 N–H and O–H groups in total. The first-order valence-corrected chi connectivity index (χ1v) is 11.5. The third-order valence-corrected chi connectivity index (χ3v) is 8.19. The third-order valence-electron chi connectivity index (χ3n) is 4.53. The summed E-state index contributed by atoms with van der Waals surface area (Å²) in [5, 5.41) is 14.1. The summed E-state index contributed by atoms with van der Waals surface area (Å²) in [6.45, 7) is 1.83. The molecule has 2 aromatic rings. The van der Waals surface area contributed by atoms with Crippen LogP contribution in [0, 0.1) is 0 Å². The van der Waals surface area contributed by atoms with Crippen LogP contribution in [0.3, 0.4) is 0 Å².